The molecule has 0 fully saturated rings. The Bertz CT molecular complexity index is 1660. The summed E-state index contributed by atoms with van der Waals surface area (Å²) in [5, 5.41) is 6.99. The molecule has 0 saturated carbocycles. The lowest BCUT2D eigenvalue weighted by Crippen LogP contribution is -2.43. The van der Waals surface area contributed by atoms with Crippen LogP contribution in [0, 0.1) is 6.92 Å². The molecule has 2 aromatic heterocycles. The average molecular weight is 579 g/mol. The van der Waals surface area contributed by atoms with Crippen molar-refractivity contribution in [1.82, 2.24) is 19.7 Å². The highest BCUT2D eigenvalue weighted by molar-refractivity contribution is 6.30. The zero-order valence-electron chi connectivity index (χ0n) is 21.9. The first-order valence-corrected chi connectivity index (χ1v) is 14.0. The molecule has 0 radical (unpaired) electrons. The molecule has 4 aromatic rings. The van der Waals surface area contributed by atoms with Crippen molar-refractivity contribution < 1.29 is 14.3 Å². The molecule has 3 heterocycles. The molecule has 206 valence electrons. The summed E-state index contributed by atoms with van der Waals surface area (Å²) in [7, 11) is 0. The van der Waals surface area contributed by atoms with Crippen LogP contribution < -0.4 is 25.8 Å². The topological polar surface area (TPSA) is 98.4 Å². The number of rotatable bonds is 6. The number of nitrogen functional groups attached to an aromatic ring is 1. The van der Waals surface area contributed by atoms with Crippen LogP contribution in [-0.4, -0.2) is 44.3 Å². The largest absolute Gasteiger partial charge is 0.492 e. The fourth-order valence-electron chi connectivity index (χ4n) is 5.41. The lowest BCUT2D eigenvalue weighted by Gasteiger charge is -2.35. The molecule has 1 aliphatic heterocycles. The summed E-state index contributed by atoms with van der Waals surface area (Å²) < 4.78 is 13.6. The summed E-state index contributed by atoms with van der Waals surface area (Å²) >= 11 is 12.5. The van der Waals surface area contributed by atoms with Crippen LogP contribution in [0.25, 0.3) is 12.2 Å². The first-order valence-electron chi connectivity index (χ1n) is 13.2. The fraction of sp³-hybridized carbons (Fsp3) is 0.267. The highest BCUT2D eigenvalue weighted by Crippen LogP contribution is 2.34. The maximum absolute atomic E-state index is 13.5. The van der Waals surface area contributed by atoms with Crippen molar-refractivity contribution in [2.24, 2.45) is 0 Å². The van der Waals surface area contributed by atoms with E-state index in [0.717, 1.165) is 39.7 Å². The van der Waals surface area contributed by atoms with E-state index in [1.807, 2.05) is 41.9 Å². The third-order valence-electron chi connectivity index (χ3n) is 7.31. The molecule has 40 heavy (non-hydrogen) atoms. The van der Waals surface area contributed by atoms with Crippen molar-refractivity contribution in [3.63, 3.8) is 0 Å². The van der Waals surface area contributed by atoms with E-state index in [4.69, 9.17) is 38.4 Å². The standard InChI is InChI=1S/C30H29Cl2N5O3/c1-18-16-27(33)35-37(18)14-15-39-22-7-2-19(3-8-22)29-28-24(25-17-21(32)6-11-26(25)34-28)12-13-36(29)30(38)40-23-9-4-20(31)5-10-23/h2-5,7-11,16-17,21,29,34H,6,12-15H2,1H3,(H2,33,35). The Morgan fingerprint density at radius 3 is 2.62 bits per heavy atom. The van der Waals surface area contributed by atoms with Gasteiger partial charge in [0.1, 0.15) is 30.0 Å². The van der Waals surface area contributed by atoms with Crippen LogP contribution in [0.15, 0.2) is 54.6 Å². The summed E-state index contributed by atoms with van der Waals surface area (Å²) in [6.07, 6.45) is 5.27. The molecular formula is C30H29Cl2N5O3. The average Bonchev–Trinajstić information content (AvgIpc) is 3.47. The molecule has 0 bridgehead atoms. The molecular weight excluding hydrogens is 549 g/mol. The van der Waals surface area contributed by atoms with Crippen LogP contribution in [0.5, 0.6) is 11.5 Å². The Morgan fingerprint density at radius 1 is 1.15 bits per heavy atom. The van der Waals surface area contributed by atoms with Gasteiger partial charge in [0.25, 0.3) is 0 Å². The number of nitrogens with zero attached hydrogens (tertiary/aromatic N) is 3. The molecule has 2 aromatic carbocycles. The molecule has 0 spiro atoms. The minimum atomic E-state index is -0.428. The number of halogens is 2. The van der Waals surface area contributed by atoms with Gasteiger partial charge in [-0.25, -0.2) is 4.79 Å². The summed E-state index contributed by atoms with van der Waals surface area (Å²) in [5.41, 5.74) is 9.87. The van der Waals surface area contributed by atoms with E-state index in [2.05, 4.69) is 22.2 Å². The number of nitrogens with one attached hydrogen (secondary N) is 1. The SMILES string of the molecule is Cc1cc(N)nn1CCOc1ccc(C2c3[nH]c4c(c3CCN2C(=O)Oc2ccc(Cl)cc2)=CC(Cl)CC=4)cc1. The van der Waals surface area contributed by atoms with Crippen LogP contribution in [0.4, 0.5) is 10.6 Å². The normalized spacial score (nSPS) is 17.8. The van der Waals surface area contributed by atoms with Crippen molar-refractivity contribution in [2.45, 2.75) is 37.7 Å². The van der Waals surface area contributed by atoms with Gasteiger partial charge in [-0.05, 0) is 67.3 Å². The molecule has 2 atom stereocenters. The van der Waals surface area contributed by atoms with Crippen LogP contribution in [0.2, 0.25) is 5.02 Å². The number of aromatic amines is 1. The van der Waals surface area contributed by atoms with Gasteiger partial charge in [0.2, 0.25) is 0 Å². The van der Waals surface area contributed by atoms with Crippen molar-refractivity contribution >= 4 is 47.3 Å². The van der Waals surface area contributed by atoms with E-state index in [1.165, 1.54) is 5.56 Å². The number of ether oxygens (including phenoxy) is 2. The van der Waals surface area contributed by atoms with Gasteiger partial charge >= 0.3 is 6.09 Å². The fourth-order valence-corrected chi connectivity index (χ4v) is 5.75. The number of H-pyrrole nitrogens is 1. The minimum Gasteiger partial charge on any atom is -0.492 e. The summed E-state index contributed by atoms with van der Waals surface area (Å²) in [5.74, 6) is 1.66. The second-order valence-corrected chi connectivity index (χ2v) is 11.0. The van der Waals surface area contributed by atoms with Gasteiger partial charge in [0.05, 0.1) is 11.9 Å². The van der Waals surface area contributed by atoms with Gasteiger partial charge < -0.3 is 20.2 Å². The van der Waals surface area contributed by atoms with Crippen LogP contribution in [0.1, 0.15) is 35.0 Å². The maximum atomic E-state index is 13.5. The Kier molecular flexibility index (Phi) is 7.21. The maximum Gasteiger partial charge on any atom is 0.416 e. The van der Waals surface area contributed by atoms with E-state index in [1.54, 1.807) is 29.2 Å². The summed E-state index contributed by atoms with van der Waals surface area (Å²) in [6, 6.07) is 16.1. The number of benzene rings is 2. The highest BCUT2D eigenvalue weighted by atomic mass is 35.5. The molecule has 3 N–H and O–H groups in total. The molecule has 8 nitrogen and oxygen atoms in total. The molecule has 1 amide bonds. The third-order valence-corrected chi connectivity index (χ3v) is 7.87. The number of aryl methyl sites for hydroxylation is 1. The third kappa shape index (κ3) is 5.29. The monoisotopic (exact) mass is 577 g/mol. The minimum absolute atomic E-state index is 0.0443. The second-order valence-electron chi connectivity index (χ2n) is 9.99. The zero-order valence-corrected chi connectivity index (χ0v) is 23.5. The highest BCUT2D eigenvalue weighted by Gasteiger charge is 2.35. The lowest BCUT2D eigenvalue weighted by atomic mass is 9.92. The van der Waals surface area contributed by atoms with E-state index in [0.29, 0.717) is 42.7 Å². The summed E-state index contributed by atoms with van der Waals surface area (Å²) in [6.45, 7) is 3.49. The number of amides is 1. The molecule has 2 unspecified atom stereocenters. The number of aromatic nitrogens is 3. The molecule has 0 saturated heterocycles. The smallest absolute Gasteiger partial charge is 0.416 e. The van der Waals surface area contributed by atoms with Gasteiger partial charge in [-0.15, -0.1) is 11.6 Å². The number of carbonyl (C=O) groups is 1. The number of hydrogen-bond acceptors (Lipinski definition) is 5. The number of hydrogen-bond donors (Lipinski definition) is 2. The van der Waals surface area contributed by atoms with Gasteiger partial charge in [0.15, 0.2) is 0 Å². The quantitative estimate of drug-likeness (QED) is 0.327. The van der Waals surface area contributed by atoms with Crippen LogP contribution in [0.3, 0.4) is 0 Å². The predicted molar refractivity (Wildman–Crippen MR) is 156 cm³/mol. The number of anilines is 1. The van der Waals surface area contributed by atoms with Crippen molar-refractivity contribution in [3.8, 4) is 11.5 Å². The van der Waals surface area contributed by atoms with E-state index < -0.39 is 6.09 Å². The zero-order chi connectivity index (χ0) is 27.8. The number of fused-ring (bicyclic) bond motifs is 3. The van der Waals surface area contributed by atoms with Crippen molar-refractivity contribution in [2.75, 3.05) is 18.9 Å². The Morgan fingerprint density at radius 2 is 1.90 bits per heavy atom. The van der Waals surface area contributed by atoms with E-state index in [9.17, 15) is 4.79 Å². The van der Waals surface area contributed by atoms with Gasteiger partial charge in [-0.2, -0.15) is 5.10 Å². The molecule has 2 aliphatic rings. The van der Waals surface area contributed by atoms with Crippen molar-refractivity contribution in [3.05, 3.63) is 92.7 Å². The van der Waals surface area contributed by atoms with E-state index >= 15 is 0 Å². The first-order chi connectivity index (χ1) is 19.4. The van der Waals surface area contributed by atoms with Crippen molar-refractivity contribution in [1.29, 1.82) is 0 Å². The first kappa shape index (κ1) is 26.3. The summed E-state index contributed by atoms with van der Waals surface area (Å²) in [4.78, 5) is 18.8. The Labute approximate surface area is 241 Å². The number of alkyl halides is 1. The Hall–Kier alpha value is -3.88. The predicted octanol–water partition coefficient (Wildman–Crippen LogP) is 4.55. The lowest BCUT2D eigenvalue weighted by molar-refractivity contribution is 0.135. The van der Waals surface area contributed by atoms with Gasteiger partial charge in [0, 0.05) is 39.6 Å². The van der Waals surface area contributed by atoms with Gasteiger partial charge in [-0.1, -0.05) is 35.9 Å². The van der Waals surface area contributed by atoms with E-state index in [-0.39, 0.29) is 11.4 Å². The second kappa shape index (κ2) is 10.9. The van der Waals surface area contributed by atoms with Crippen LogP contribution >= 0.6 is 23.2 Å². The van der Waals surface area contributed by atoms with Gasteiger partial charge in [-0.3, -0.25) is 9.58 Å². The Balaban J connectivity index is 1.28. The number of nitrogens with two attached hydrogens (primary N) is 1. The molecule has 10 heteroatoms. The molecule has 1 aliphatic carbocycles. The molecule has 6 rings (SSSR count). The number of carbonyl (C=O) groups excluding carboxylic acids is 1. The van der Waals surface area contributed by atoms with Crippen LogP contribution in [-0.2, 0) is 13.0 Å².